The molecule has 0 amide bonds. The van der Waals surface area contributed by atoms with Crippen LogP contribution in [0.4, 0.5) is 5.69 Å². The van der Waals surface area contributed by atoms with E-state index in [0.717, 1.165) is 35.2 Å². The van der Waals surface area contributed by atoms with Crippen LogP contribution in [0.5, 0.6) is 0 Å². The number of pyridine rings is 1. The van der Waals surface area contributed by atoms with E-state index in [1.807, 2.05) is 72.9 Å². The highest BCUT2D eigenvalue weighted by Gasteiger charge is 2.07. The normalized spacial score (nSPS) is 11.0. The average Bonchev–Trinajstić information content (AvgIpc) is 2.88. The Hall–Kier alpha value is -3.24. The van der Waals surface area contributed by atoms with Gasteiger partial charge in [-0.1, -0.05) is 42.5 Å². The van der Waals surface area contributed by atoms with Crippen molar-refractivity contribution in [3.05, 3.63) is 83.2 Å². The molecule has 1 aromatic heterocycles. The quantitative estimate of drug-likeness (QED) is 0.492. The smallest absolute Gasteiger partial charge is 0.195 e. The number of rotatable bonds is 6. The van der Waals surface area contributed by atoms with Gasteiger partial charge in [0, 0.05) is 48.5 Å². The summed E-state index contributed by atoms with van der Waals surface area (Å²) in [5.41, 5.74) is 3.63. The van der Waals surface area contributed by atoms with Crippen LogP contribution in [0.1, 0.15) is 6.42 Å². The molecule has 0 spiro atoms. The van der Waals surface area contributed by atoms with Crippen LogP contribution in [0, 0.1) is 0 Å². The zero-order valence-corrected chi connectivity index (χ0v) is 15.8. The first-order valence-electron chi connectivity index (χ1n) is 9.41. The topological polar surface area (TPSA) is 51.2 Å². The lowest BCUT2D eigenvalue weighted by molar-refractivity contribution is 0.198. The summed E-state index contributed by atoms with van der Waals surface area (Å²) in [6.07, 6.45) is 2.74. The third-order valence-electron chi connectivity index (χ3n) is 4.84. The van der Waals surface area contributed by atoms with Gasteiger partial charge in [-0.05, 0) is 41.6 Å². The maximum Gasteiger partial charge on any atom is 0.195 e. The van der Waals surface area contributed by atoms with Crippen molar-refractivity contribution in [2.24, 2.45) is 0 Å². The minimum Gasteiger partial charge on any atom is -0.385 e. The molecule has 3 aromatic carbocycles. The molecule has 4 heteroatoms. The van der Waals surface area contributed by atoms with E-state index in [1.165, 1.54) is 0 Å². The van der Waals surface area contributed by atoms with Gasteiger partial charge in [-0.3, -0.25) is 9.78 Å². The van der Waals surface area contributed by atoms with Crippen molar-refractivity contribution in [2.75, 3.05) is 25.6 Å². The Morgan fingerprint density at radius 1 is 0.929 bits per heavy atom. The first-order chi connectivity index (χ1) is 13.8. The first-order valence-corrected chi connectivity index (χ1v) is 9.41. The second-order valence-corrected chi connectivity index (χ2v) is 6.76. The van der Waals surface area contributed by atoms with Crippen LogP contribution in [0.25, 0.3) is 32.8 Å². The van der Waals surface area contributed by atoms with Gasteiger partial charge in [-0.2, -0.15) is 0 Å². The Morgan fingerprint density at radius 2 is 1.75 bits per heavy atom. The number of fused-ring (bicyclic) bond motifs is 2. The zero-order chi connectivity index (χ0) is 19.3. The molecule has 4 nitrogen and oxygen atoms in total. The summed E-state index contributed by atoms with van der Waals surface area (Å²) < 4.78 is 5.08. The Bertz CT molecular complexity index is 1170. The molecule has 4 rings (SSSR count). The van der Waals surface area contributed by atoms with Gasteiger partial charge >= 0.3 is 0 Å². The first kappa shape index (κ1) is 18.1. The predicted molar refractivity (Wildman–Crippen MR) is 116 cm³/mol. The van der Waals surface area contributed by atoms with Gasteiger partial charge < -0.3 is 10.1 Å². The highest BCUT2D eigenvalue weighted by atomic mass is 16.5. The van der Waals surface area contributed by atoms with Gasteiger partial charge in [-0.25, -0.2) is 0 Å². The highest BCUT2D eigenvalue weighted by Crippen LogP contribution is 2.23. The molecule has 1 heterocycles. The van der Waals surface area contributed by atoms with Gasteiger partial charge in [0.15, 0.2) is 5.43 Å². The van der Waals surface area contributed by atoms with Crippen molar-refractivity contribution in [1.82, 2.24) is 4.98 Å². The molecule has 0 atom stereocenters. The van der Waals surface area contributed by atoms with E-state index in [0.29, 0.717) is 22.9 Å². The lowest BCUT2D eigenvalue weighted by Crippen LogP contribution is -2.05. The molecule has 140 valence electrons. The SMILES string of the molecule is COCCCNc1ccc2ccc3ncc(-c4ccccc4)cc3c(=O)c2c1. The maximum atomic E-state index is 13.3. The highest BCUT2D eigenvalue weighted by molar-refractivity contribution is 5.94. The molecule has 0 fully saturated rings. The fraction of sp³-hybridized carbons (Fsp3) is 0.167. The second kappa shape index (κ2) is 8.19. The molecule has 0 aliphatic heterocycles. The molecular formula is C24H22N2O2. The predicted octanol–water partition coefficient (Wildman–Crippen LogP) is 4.86. The summed E-state index contributed by atoms with van der Waals surface area (Å²) in [6.45, 7) is 1.51. The molecule has 0 aliphatic rings. The second-order valence-electron chi connectivity index (χ2n) is 6.76. The lowest BCUT2D eigenvalue weighted by Gasteiger charge is -2.06. The van der Waals surface area contributed by atoms with Crippen LogP contribution in [-0.4, -0.2) is 25.2 Å². The summed E-state index contributed by atoms with van der Waals surface area (Å²) in [5.74, 6) is 0. The largest absolute Gasteiger partial charge is 0.385 e. The van der Waals surface area contributed by atoms with Crippen molar-refractivity contribution in [3.63, 3.8) is 0 Å². The molecule has 0 unspecified atom stereocenters. The third kappa shape index (κ3) is 3.73. The molecule has 0 aliphatic carbocycles. The van der Waals surface area contributed by atoms with Crippen molar-refractivity contribution in [3.8, 4) is 11.1 Å². The number of benzene rings is 2. The molecule has 0 saturated heterocycles. The van der Waals surface area contributed by atoms with Crippen molar-refractivity contribution in [1.29, 1.82) is 0 Å². The van der Waals surface area contributed by atoms with E-state index in [-0.39, 0.29) is 5.43 Å². The number of methoxy groups -OCH3 is 1. The monoisotopic (exact) mass is 370 g/mol. The van der Waals surface area contributed by atoms with Gasteiger partial charge in [0.2, 0.25) is 0 Å². The van der Waals surface area contributed by atoms with Gasteiger partial charge in [0.05, 0.1) is 5.52 Å². The fourth-order valence-electron chi connectivity index (χ4n) is 3.35. The van der Waals surface area contributed by atoms with Crippen LogP contribution in [0.2, 0.25) is 0 Å². The number of nitrogens with one attached hydrogen (secondary N) is 1. The number of nitrogens with zero attached hydrogens (tertiary/aromatic N) is 1. The van der Waals surface area contributed by atoms with Crippen LogP contribution >= 0.6 is 0 Å². The molecule has 0 bridgehead atoms. The molecule has 0 saturated carbocycles. The number of ether oxygens (including phenoxy) is 1. The Labute approximate surface area is 163 Å². The van der Waals surface area contributed by atoms with Gasteiger partial charge in [0.25, 0.3) is 0 Å². The van der Waals surface area contributed by atoms with Gasteiger partial charge in [-0.15, -0.1) is 0 Å². The van der Waals surface area contributed by atoms with Crippen molar-refractivity contribution < 1.29 is 4.74 Å². The molecule has 28 heavy (non-hydrogen) atoms. The average molecular weight is 370 g/mol. The fourth-order valence-corrected chi connectivity index (χ4v) is 3.35. The standard InChI is InChI=1S/C24H22N2O2/c1-28-13-5-12-25-20-10-8-18-9-11-23-22(24(27)21(18)15-20)14-19(16-26-23)17-6-3-2-4-7-17/h2-4,6-11,14-16,25H,5,12-13H2,1H3. The molecule has 4 aromatic rings. The number of hydrogen-bond acceptors (Lipinski definition) is 4. The van der Waals surface area contributed by atoms with E-state index in [2.05, 4.69) is 10.3 Å². The van der Waals surface area contributed by atoms with Crippen molar-refractivity contribution >= 4 is 27.4 Å². The number of aromatic nitrogens is 1. The summed E-state index contributed by atoms with van der Waals surface area (Å²) in [6, 6.07) is 21.7. The van der Waals surface area contributed by atoms with Gasteiger partial charge in [0.1, 0.15) is 0 Å². The Kier molecular flexibility index (Phi) is 5.31. The van der Waals surface area contributed by atoms with Crippen LogP contribution in [0.3, 0.4) is 0 Å². The molecule has 1 N–H and O–H groups in total. The summed E-state index contributed by atoms with van der Waals surface area (Å²) in [5, 5.41) is 5.59. The van der Waals surface area contributed by atoms with Crippen molar-refractivity contribution in [2.45, 2.75) is 6.42 Å². The minimum absolute atomic E-state index is 0.000762. The van der Waals surface area contributed by atoms with E-state index < -0.39 is 0 Å². The molecular weight excluding hydrogens is 348 g/mol. The van der Waals surface area contributed by atoms with Crippen LogP contribution < -0.4 is 10.7 Å². The maximum absolute atomic E-state index is 13.3. The lowest BCUT2D eigenvalue weighted by atomic mass is 10.1. The summed E-state index contributed by atoms with van der Waals surface area (Å²) >= 11 is 0. The molecule has 0 radical (unpaired) electrons. The summed E-state index contributed by atoms with van der Waals surface area (Å²) in [7, 11) is 1.70. The number of hydrogen-bond donors (Lipinski definition) is 1. The minimum atomic E-state index is 0.000762. The van der Waals surface area contributed by atoms with Crippen LogP contribution in [-0.2, 0) is 4.74 Å². The van der Waals surface area contributed by atoms with E-state index in [4.69, 9.17) is 4.74 Å². The Morgan fingerprint density at radius 3 is 2.57 bits per heavy atom. The van der Waals surface area contributed by atoms with Crippen LogP contribution in [0.15, 0.2) is 77.7 Å². The zero-order valence-electron chi connectivity index (χ0n) is 15.8. The summed E-state index contributed by atoms with van der Waals surface area (Å²) in [4.78, 5) is 17.9. The number of anilines is 1. The Balaban J connectivity index is 1.81. The third-order valence-corrected chi connectivity index (χ3v) is 4.84. The van der Waals surface area contributed by atoms with E-state index in [1.54, 1.807) is 7.11 Å². The van der Waals surface area contributed by atoms with E-state index >= 15 is 0 Å². The van der Waals surface area contributed by atoms with E-state index in [9.17, 15) is 4.79 Å².